The molecule has 92 valence electrons. The van der Waals surface area contributed by atoms with Crippen LogP contribution in [0.15, 0.2) is 24.3 Å². The summed E-state index contributed by atoms with van der Waals surface area (Å²) in [6, 6.07) is 8.13. The fraction of sp³-hybridized carbons (Fsp3) is 0.571. The molecule has 2 heterocycles. The summed E-state index contributed by atoms with van der Waals surface area (Å²) in [4.78, 5) is 0. The third-order valence-electron chi connectivity index (χ3n) is 4.04. The van der Waals surface area contributed by atoms with Gasteiger partial charge in [-0.3, -0.25) is 0 Å². The average Bonchev–Trinajstić information content (AvgIpc) is 2.38. The van der Waals surface area contributed by atoms with Crippen LogP contribution in [0.2, 0.25) is 0 Å². The van der Waals surface area contributed by atoms with E-state index in [1.807, 2.05) is 18.2 Å². The normalized spacial score (nSPS) is 26.3. The molecule has 0 saturated carbocycles. The zero-order chi connectivity index (χ0) is 11.7. The summed E-state index contributed by atoms with van der Waals surface area (Å²) in [7, 11) is 0. The molecule has 1 saturated heterocycles. The van der Waals surface area contributed by atoms with Gasteiger partial charge in [0.25, 0.3) is 0 Å². The van der Waals surface area contributed by atoms with Gasteiger partial charge in [0, 0.05) is 5.92 Å². The molecule has 0 aliphatic carbocycles. The van der Waals surface area contributed by atoms with Crippen LogP contribution >= 0.6 is 0 Å². The molecule has 3 heteroatoms. The van der Waals surface area contributed by atoms with E-state index in [2.05, 4.69) is 11.4 Å². The molecule has 0 radical (unpaired) electrons. The van der Waals surface area contributed by atoms with Crippen LogP contribution in [-0.4, -0.2) is 30.4 Å². The molecule has 1 fully saturated rings. The van der Waals surface area contributed by atoms with Crippen molar-refractivity contribution in [2.75, 3.05) is 19.7 Å². The Morgan fingerprint density at radius 2 is 2.06 bits per heavy atom. The number of aliphatic hydroxyl groups excluding tert-OH is 1. The van der Waals surface area contributed by atoms with Crippen LogP contribution in [0.4, 0.5) is 0 Å². The van der Waals surface area contributed by atoms with Gasteiger partial charge < -0.3 is 15.2 Å². The third-order valence-corrected chi connectivity index (χ3v) is 4.04. The number of fused-ring (bicyclic) bond motifs is 1. The lowest BCUT2D eigenvalue weighted by molar-refractivity contribution is 0.000223. The summed E-state index contributed by atoms with van der Waals surface area (Å²) >= 11 is 0. The number of ether oxygens (including phenoxy) is 1. The highest BCUT2D eigenvalue weighted by Crippen LogP contribution is 2.44. The monoisotopic (exact) mass is 233 g/mol. The molecule has 2 aliphatic rings. The molecule has 2 aliphatic heterocycles. The van der Waals surface area contributed by atoms with Crippen LogP contribution in [0, 0.1) is 0 Å². The Bertz CT molecular complexity index is 399. The average molecular weight is 233 g/mol. The largest absolute Gasteiger partial charge is 0.487 e. The Labute approximate surface area is 102 Å². The lowest BCUT2D eigenvalue weighted by atomic mass is 9.78. The van der Waals surface area contributed by atoms with E-state index < -0.39 is 0 Å². The Morgan fingerprint density at radius 3 is 2.82 bits per heavy atom. The molecule has 3 rings (SSSR count). The van der Waals surface area contributed by atoms with Crippen molar-refractivity contribution in [3.63, 3.8) is 0 Å². The molecule has 0 aromatic heterocycles. The van der Waals surface area contributed by atoms with Crippen LogP contribution in [0.1, 0.15) is 30.7 Å². The number of hydrogen-bond donors (Lipinski definition) is 2. The highest BCUT2D eigenvalue weighted by atomic mass is 16.5. The van der Waals surface area contributed by atoms with Crippen molar-refractivity contribution in [1.82, 2.24) is 5.32 Å². The Balaban J connectivity index is 1.94. The van der Waals surface area contributed by atoms with Crippen molar-refractivity contribution in [2.45, 2.75) is 30.8 Å². The van der Waals surface area contributed by atoms with Crippen molar-refractivity contribution in [3.8, 4) is 5.75 Å². The summed E-state index contributed by atoms with van der Waals surface area (Å²) in [5.41, 5.74) is 1.12. The van der Waals surface area contributed by atoms with Crippen molar-refractivity contribution in [3.05, 3.63) is 29.8 Å². The van der Waals surface area contributed by atoms with Crippen molar-refractivity contribution >= 4 is 0 Å². The van der Waals surface area contributed by atoms with Gasteiger partial charge >= 0.3 is 0 Å². The highest BCUT2D eigenvalue weighted by Gasteiger charge is 2.41. The first-order valence-electron chi connectivity index (χ1n) is 6.42. The van der Waals surface area contributed by atoms with Gasteiger partial charge in [0.2, 0.25) is 0 Å². The van der Waals surface area contributed by atoms with Gasteiger partial charge in [-0.25, -0.2) is 0 Å². The smallest absolute Gasteiger partial charge is 0.123 e. The summed E-state index contributed by atoms with van der Waals surface area (Å²) < 4.78 is 6.24. The molecule has 2 N–H and O–H groups in total. The van der Waals surface area contributed by atoms with E-state index in [0.29, 0.717) is 0 Å². The third kappa shape index (κ3) is 1.94. The van der Waals surface area contributed by atoms with Crippen LogP contribution < -0.4 is 10.1 Å². The van der Waals surface area contributed by atoms with Crippen LogP contribution in [0.5, 0.6) is 5.75 Å². The van der Waals surface area contributed by atoms with Crippen LogP contribution in [-0.2, 0) is 0 Å². The minimum Gasteiger partial charge on any atom is -0.487 e. The minimum atomic E-state index is -0.0486. The number of benzene rings is 1. The minimum absolute atomic E-state index is 0.0486. The first-order chi connectivity index (χ1) is 8.33. The lowest BCUT2D eigenvalue weighted by Crippen LogP contribution is -2.49. The summed E-state index contributed by atoms with van der Waals surface area (Å²) in [5.74, 6) is 1.21. The molecule has 1 aromatic carbocycles. The van der Waals surface area contributed by atoms with Crippen molar-refractivity contribution in [2.24, 2.45) is 0 Å². The molecular formula is C14H19NO2. The van der Waals surface area contributed by atoms with Gasteiger partial charge in [0.15, 0.2) is 0 Å². The first kappa shape index (κ1) is 11.1. The number of piperidine rings is 1. The molecule has 1 atom stereocenters. The number of nitrogens with one attached hydrogen (secondary N) is 1. The number of aliphatic hydroxyl groups is 1. The Hall–Kier alpha value is -1.06. The quantitative estimate of drug-likeness (QED) is 0.775. The molecular weight excluding hydrogens is 214 g/mol. The van der Waals surface area contributed by atoms with E-state index in [4.69, 9.17) is 4.74 Å². The zero-order valence-corrected chi connectivity index (χ0v) is 9.98. The Kier molecular flexibility index (Phi) is 2.81. The van der Waals surface area contributed by atoms with E-state index in [9.17, 15) is 5.11 Å². The zero-order valence-electron chi connectivity index (χ0n) is 9.98. The van der Waals surface area contributed by atoms with Gasteiger partial charge in [0.05, 0.1) is 6.61 Å². The summed E-state index contributed by atoms with van der Waals surface area (Å²) in [6.07, 6.45) is 3.03. The van der Waals surface area contributed by atoms with Crippen LogP contribution in [0.25, 0.3) is 0 Å². The van der Waals surface area contributed by atoms with Crippen LogP contribution in [0.3, 0.4) is 0 Å². The maximum Gasteiger partial charge on any atom is 0.123 e. The standard InChI is InChI=1S/C14H19NO2/c16-10-11-9-14(5-7-15-8-6-14)17-13-4-2-1-3-12(11)13/h1-4,11,15-16H,5-10H2. The molecule has 1 unspecified atom stereocenters. The predicted octanol–water partition coefficient (Wildman–Crippen LogP) is 1.67. The van der Waals surface area contributed by atoms with E-state index in [0.717, 1.165) is 38.1 Å². The molecule has 1 aromatic rings. The second-order valence-electron chi connectivity index (χ2n) is 5.16. The highest BCUT2D eigenvalue weighted by molar-refractivity contribution is 5.39. The van der Waals surface area contributed by atoms with Gasteiger partial charge in [-0.1, -0.05) is 18.2 Å². The van der Waals surface area contributed by atoms with Gasteiger partial charge in [-0.2, -0.15) is 0 Å². The molecule has 1 spiro atoms. The van der Waals surface area contributed by atoms with E-state index in [1.54, 1.807) is 0 Å². The fourth-order valence-electron chi connectivity index (χ4n) is 3.10. The molecule has 17 heavy (non-hydrogen) atoms. The SMILES string of the molecule is OCC1CC2(CCNCC2)Oc2ccccc21. The van der Waals surface area contributed by atoms with Gasteiger partial charge in [0.1, 0.15) is 11.4 Å². The summed E-state index contributed by atoms with van der Waals surface area (Å²) in [5, 5.41) is 13.0. The predicted molar refractivity (Wildman–Crippen MR) is 66.3 cm³/mol. The second kappa shape index (κ2) is 4.31. The van der Waals surface area contributed by atoms with Gasteiger partial charge in [-0.15, -0.1) is 0 Å². The molecule has 3 nitrogen and oxygen atoms in total. The number of para-hydroxylation sites is 1. The Morgan fingerprint density at radius 1 is 1.29 bits per heavy atom. The first-order valence-corrected chi connectivity index (χ1v) is 6.42. The summed E-state index contributed by atoms with van der Waals surface area (Å²) in [6.45, 7) is 2.25. The fourth-order valence-corrected chi connectivity index (χ4v) is 3.10. The maximum absolute atomic E-state index is 9.58. The molecule has 0 amide bonds. The van der Waals surface area contributed by atoms with E-state index >= 15 is 0 Å². The van der Waals surface area contributed by atoms with Gasteiger partial charge in [-0.05, 0) is 44.0 Å². The van der Waals surface area contributed by atoms with E-state index in [-0.39, 0.29) is 18.1 Å². The topological polar surface area (TPSA) is 41.5 Å². The van der Waals surface area contributed by atoms with Crippen molar-refractivity contribution in [1.29, 1.82) is 0 Å². The van der Waals surface area contributed by atoms with E-state index in [1.165, 1.54) is 5.56 Å². The number of hydrogen-bond acceptors (Lipinski definition) is 3. The second-order valence-corrected chi connectivity index (χ2v) is 5.16. The maximum atomic E-state index is 9.58. The lowest BCUT2D eigenvalue weighted by Gasteiger charge is -2.44. The number of rotatable bonds is 1. The van der Waals surface area contributed by atoms with Crippen molar-refractivity contribution < 1.29 is 9.84 Å². The molecule has 0 bridgehead atoms.